The molecule has 4 heteroatoms. The highest BCUT2D eigenvalue weighted by Crippen LogP contribution is 2.28. The predicted molar refractivity (Wildman–Crippen MR) is 79.7 cm³/mol. The van der Waals surface area contributed by atoms with Crippen molar-refractivity contribution < 1.29 is 4.79 Å². The molecule has 20 heavy (non-hydrogen) atoms. The Bertz CT molecular complexity index is 626. The lowest BCUT2D eigenvalue weighted by Gasteiger charge is -2.23. The molecule has 0 atom stereocenters. The van der Waals surface area contributed by atoms with Gasteiger partial charge in [-0.25, -0.2) is 4.98 Å². The van der Waals surface area contributed by atoms with E-state index in [4.69, 9.17) is 11.6 Å². The first-order valence-electron chi connectivity index (χ1n) is 6.94. The molecule has 0 N–H and O–H groups in total. The molecule has 0 amide bonds. The molecule has 1 fully saturated rings. The van der Waals surface area contributed by atoms with Crippen molar-refractivity contribution in [1.82, 2.24) is 9.55 Å². The van der Waals surface area contributed by atoms with Gasteiger partial charge in [0.2, 0.25) is 5.28 Å². The fourth-order valence-corrected chi connectivity index (χ4v) is 2.66. The Balaban J connectivity index is 1.74. The topological polar surface area (TPSA) is 34.9 Å². The van der Waals surface area contributed by atoms with Crippen molar-refractivity contribution in [2.75, 3.05) is 0 Å². The number of aromatic nitrogens is 2. The Morgan fingerprint density at radius 3 is 2.55 bits per heavy atom. The van der Waals surface area contributed by atoms with Crippen LogP contribution in [-0.4, -0.2) is 15.3 Å². The number of benzene rings is 1. The fraction of sp³-hybridized carbons (Fsp3) is 0.375. The number of halogens is 1. The molecule has 0 bridgehead atoms. The minimum Gasteiger partial charge on any atom is -0.318 e. The van der Waals surface area contributed by atoms with Crippen LogP contribution < -0.4 is 0 Å². The highest BCUT2D eigenvalue weighted by molar-refractivity contribution is 6.28. The van der Waals surface area contributed by atoms with Crippen molar-refractivity contribution >= 4 is 17.4 Å². The molecule has 0 unspecified atom stereocenters. The van der Waals surface area contributed by atoms with Gasteiger partial charge in [0.15, 0.2) is 0 Å². The molecule has 0 spiro atoms. The summed E-state index contributed by atoms with van der Waals surface area (Å²) in [6.45, 7) is 0. The third-order valence-corrected chi connectivity index (χ3v) is 4.47. The molecule has 1 heterocycles. The summed E-state index contributed by atoms with van der Waals surface area (Å²) in [4.78, 5) is 16.1. The van der Waals surface area contributed by atoms with Crippen LogP contribution in [0.3, 0.4) is 0 Å². The number of Topliss-reactive ketones (excluding diaryl/α,β-unsaturated/α-hetero) is 1. The molecule has 0 saturated heterocycles. The number of ketones is 1. The summed E-state index contributed by atoms with van der Waals surface area (Å²) in [5, 5.41) is 0.476. The smallest absolute Gasteiger partial charge is 0.202 e. The minimum absolute atomic E-state index is 0.311. The van der Waals surface area contributed by atoms with E-state index >= 15 is 0 Å². The lowest BCUT2D eigenvalue weighted by atomic mass is 9.80. The van der Waals surface area contributed by atoms with Gasteiger partial charge in [0, 0.05) is 19.4 Å². The van der Waals surface area contributed by atoms with E-state index in [1.165, 1.54) is 6.42 Å². The highest BCUT2D eigenvalue weighted by Gasteiger charge is 2.24. The fourth-order valence-electron chi connectivity index (χ4n) is 2.52. The molecule has 1 aliphatic carbocycles. The van der Waals surface area contributed by atoms with Crippen LogP contribution in [0.4, 0.5) is 0 Å². The van der Waals surface area contributed by atoms with Crippen molar-refractivity contribution in [2.24, 2.45) is 13.0 Å². The van der Waals surface area contributed by atoms with Gasteiger partial charge in [-0.15, -0.1) is 0 Å². The van der Waals surface area contributed by atoms with E-state index in [0.29, 0.717) is 23.4 Å². The van der Waals surface area contributed by atoms with Gasteiger partial charge >= 0.3 is 0 Å². The molecule has 3 nitrogen and oxygen atoms in total. The molecule has 2 aromatic rings. The van der Waals surface area contributed by atoms with Crippen molar-refractivity contribution in [2.45, 2.75) is 25.7 Å². The summed E-state index contributed by atoms with van der Waals surface area (Å²) in [6.07, 6.45) is 5.67. The second-order valence-corrected chi connectivity index (χ2v) is 5.78. The third-order valence-electron chi connectivity index (χ3n) is 4.12. The lowest BCUT2D eigenvalue weighted by Crippen LogP contribution is -2.23. The highest BCUT2D eigenvalue weighted by atomic mass is 35.5. The van der Waals surface area contributed by atoms with Crippen molar-refractivity contribution in [3.05, 3.63) is 41.3 Å². The molecule has 1 aliphatic rings. The zero-order valence-corrected chi connectivity index (χ0v) is 12.2. The van der Waals surface area contributed by atoms with Gasteiger partial charge in [-0.1, -0.05) is 30.7 Å². The maximum Gasteiger partial charge on any atom is 0.202 e. The van der Waals surface area contributed by atoms with E-state index in [-0.39, 0.29) is 0 Å². The van der Waals surface area contributed by atoms with Crippen LogP contribution in [0.25, 0.3) is 11.3 Å². The molecule has 0 radical (unpaired) electrons. The van der Waals surface area contributed by atoms with Gasteiger partial charge in [-0.05, 0) is 35.6 Å². The van der Waals surface area contributed by atoms with Gasteiger partial charge in [-0.2, -0.15) is 0 Å². The van der Waals surface area contributed by atoms with Gasteiger partial charge < -0.3 is 4.57 Å². The SMILES string of the molecule is Cn1c(-c2ccc(CC(=O)C3CCC3)cc2)cnc1Cl. The first-order chi connectivity index (χ1) is 9.65. The Morgan fingerprint density at radius 2 is 2.05 bits per heavy atom. The summed E-state index contributed by atoms with van der Waals surface area (Å²) >= 11 is 5.94. The average Bonchev–Trinajstić information content (AvgIpc) is 2.69. The number of imidazole rings is 1. The third kappa shape index (κ3) is 2.50. The number of rotatable bonds is 4. The van der Waals surface area contributed by atoms with Crippen LogP contribution in [-0.2, 0) is 18.3 Å². The first-order valence-corrected chi connectivity index (χ1v) is 7.32. The zero-order valence-electron chi connectivity index (χ0n) is 11.5. The summed E-state index contributed by atoms with van der Waals surface area (Å²) in [6, 6.07) is 8.09. The van der Waals surface area contributed by atoms with Gasteiger partial charge in [0.05, 0.1) is 11.9 Å². The Kier molecular flexibility index (Phi) is 3.62. The monoisotopic (exact) mass is 288 g/mol. The van der Waals surface area contributed by atoms with Crippen molar-refractivity contribution in [1.29, 1.82) is 0 Å². The average molecular weight is 289 g/mol. The van der Waals surface area contributed by atoms with Crippen LogP contribution in [0.15, 0.2) is 30.5 Å². The lowest BCUT2D eigenvalue weighted by molar-refractivity contribution is -0.124. The molecule has 3 rings (SSSR count). The second kappa shape index (κ2) is 5.41. The predicted octanol–water partition coefficient (Wildman–Crippen LogP) is 3.65. The molecule has 1 aromatic carbocycles. The number of nitrogens with zero attached hydrogens (tertiary/aromatic N) is 2. The quantitative estimate of drug-likeness (QED) is 0.861. The summed E-state index contributed by atoms with van der Waals surface area (Å²) in [5.74, 6) is 0.693. The van der Waals surface area contributed by atoms with E-state index in [2.05, 4.69) is 4.98 Å². The maximum absolute atomic E-state index is 12.0. The Labute approximate surface area is 123 Å². The summed E-state index contributed by atoms with van der Waals surface area (Å²) in [5.41, 5.74) is 3.12. The second-order valence-electron chi connectivity index (χ2n) is 5.44. The zero-order chi connectivity index (χ0) is 14.1. The number of carbonyl (C=O) groups is 1. The number of hydrogen-bond acceptors (Lipinski definition) is 2. The van der Waals surface area contributed by atoms with E-state index in [1.54, 1.807) is 6.20 Å². The van der Waals surface area contributed by atoms with Crippen LogP contribution in [0.1, 0.15) is 24.8 Å². The maximum atomic E-state index is 12.0. The molecule has 0 aliphatic heterocycles. The van der Waals surface area contributed by atoms with Gasteiger partial charge in [0.25, 0.3) is 0 Å². The van der Waals surface area contributed by atoms with E-state index in [1.807, 2.05) is 35.9 Å². The van der Waals surface area contributed by atoms with E-state index in [0.717, 1.165) is 29.7 Å². The molecule has 104 valence electrons. The summed E-state index contributed by atoms with van der Waals surface area (Å²) in [7, 11) is 1.89. The minimum atomic E-state index is 0.311. The summed E-state index contributed by atoms with van der Waals surface area (Å²) < 4.78 is 1.84. The number of carbonyl (C=O) groups excluding carboxylic acids is 1. The van der Waals surface area contributed by atoms with Crippen molar-refractivity contribution in [3.63, 3.8) is 0 Å². The van der Waals surface area contributed by atoms with E-state index < -0.39 is 0 Å². The molecule has 1 saturated carbocycles. The van der Waals surface area contributed by atoms with Gasteiger partial charge in [0.1, 0.15) is 5.78 Å². The molecular formula is C16H17ClN2O. The number of hydrogen-bond donors (Lipinski definition) is 0. The normalized spacial score (nSPS) is 15.1. The van der Waals surface area contributed by atoms with Crippen LogP contribution in [0.5, 0.6) is 0 Å². The largest absolute Gasteiger partial charge is 0.318 e. The Hall–Kier alpha value is -1.61. The first kappa shape index (κ1) is 13.4. The van der Waals surface area contributed by atoms with E-state index in [9.17, 15) is 4.79 Å². The van der Waals surface area contributed by atoms with Crippen LogP contribution in [0, 0.1) is 5.92 Å². The molecule has 1 aromatic heterocycles. The van der Waals surface area contributed by atoms with Crippen LogP contribution in [0.2, 0.25) is 5.28 Å². The van der Waals surface area contributed by atoms with Crippen molar-refractivity contribution in [3.8, 4) is 11.3 Å². The van der Waals surface area contributed by atoms with Crippen LogP contribution >= 0.6 is 11.6 Å². The van der Waals surface area contributed by atoms with Gasteiger partial charge in [-0.3, -0.25) is 4.79 Å². The Morgan fingerprint density at radius 1 is 1.35 bits per heavy atom. The standard InChI is InChI=1S/C16H17ClN2O/c1-19-14(10-18-16(19)17)12-7-5-11(6-8-12)9-15(20)13-3-2-4-13/h5-8,10,13H,2-4,9H2,1H3. The molecular weight excluding hydrogens is 272 g/mol.